The second-order valence-corrected chi connectivity index (χ2v) is 6.14. The van der Waals surface area contributed by atoms with Gasteiger partial charge in [-0.15, -0.1) is 0 Å². The SMILES string of the molecule is CC(C(=O)Nc1cccc(N)c1)N(C)CC1(O)CCCC1. The Labute approximate surface area is 126 Å². The summed E-state index contributed by atoms with van der Waals surface area (Å²) in [6, 6.07) is 6.82. The van der Waals surface area contributed by atoms with Gasteiger partial charge >= 0.3 is 0 Å². The van der Waals surface area contributed by atoms with Gasteiger partial charge in [-0.25, -0.2) is 0 Å². The van der Waals surface area contributed by atoms with E-state index in [9.17, 15) is 9.90 Å². The van der Waals surface area contributed by atoms with Crippen molar-refractivity contribution in [1.29, 1.82) is 0 Å². The third-order valence-corrected chi connectivity index (χ3v) is 4.27. The molecule has 0 bridgehead atoms. The summed E-state index contributed by atoms with van der Waals surface area (Å²) >= 11 is 0. The first-order valence-electron chi connectivity index (χ1n) is 7.49. The van der Waals surface area contributed by atoms with E-state index < -0.39 is 5.60 Å². The number of nitrogens with one attached hydrogen (secondary N) is 1. The van der Waals surface area contributed by atoms with E-state index in [4.69, 9.17) is 5.73 Å². The maximum atomic E-state index is 12.3. The molecule has 1 fully saturated rings. The standard InChI is InChI=1S/C16H25N3O2/c1-12(19(2)11-16(21)8-3-4-9-16)15(20)18-14-7-5-6-13(17)10-14/h5-7,10,12,21H,3-4,8-9,11,17H2,1-2H3,(H,18,20). The summed E-state index contributed by atoms with van der Waals surface area (Å²) in [5, 5.41) is 13.3. The van der Waals surface area contributed by atoms with Crippen LogP contribution in [0.1, 0.15) is 32.6 Å². The molecular formula is C16H25N3O2. The van der Waals surface area contributed by atoms with E-state index in [0.717, 1.165) is 25.7 Å². The molecule has 21 heavy (non-hydrogen) atoms. The third-order valence-electron chi connectivity index (χ3n) is 4.27. The van der Waals surface area contributed by atoms with Gasteiger partial charge in [-0.1, -0.05) is 18.9 Å². The minimum Gasteiger partial charge on any atom is -0.399 e. The van der Waals surface area contributed by atoms with Gasteiger partial charge in [0.1, 0.15) is 0 Å². The van der Waals surface area contributed by atoms with Crippen molar-refractivity contribution in [3.05, 3.63) is 24.3 Å². The van der Waals surface area contributed by atoms with Gasteiger partial charge in [-0.3, -0.25) is 9.69 Å². The smallest absolute Gasteiger partial charge is 0.241 e. The van der Waals surface area contributed by atoms with E-state index in [1.807, 2.05) is 24.9 Å². The van der Waals surface area contributed by atoms with Crippen molar-refractivity contribution in [2.45, 2.75) is 44.2 Å². The highest BCUT2D eigenvalue weighted by atomic mass is 16.3. The van der Waals surface area contributed by atoms with Crippen molar-refractivity contribution < 1.29 is 9.90 Å². The molecule has 0 spiro atoms. The fourth-order valence-corrected chi connectivity index (χ4v) is 2.86. The fraction of sp³-hybridized carbons (Fsp3) is 0.562. The van der Waals surface area contributed by atoms with Crippen molar-refractivity contribution in [2.24, 2.45) is 0 Å². The molecule has 5 heteroatoms. The van der Waals surface area contributed by atoms with Gasteiger partial charge in [0.05, 0.1) is 11.6 Å². The molecule has 4 N–H and O–H groups in total. The molecule has 0 aromatic heterocycles. The van der Waals surface area contributed by atoms with Gasteiger partial charge in [0.15, 0.2) is 0 Å². The summed E-state index contributed by atoms with van der Waals surface area (Å²) in [7, 11) is 1.87. The number of likely N-dealkylation sites (N-methyl/N-ethyl adjacent to an activating group) is 1. The van der Waals surface area contributed by atoms with Gasteiger partial charge < -0.3 is 16.2 Å². The summed E-state index contributed by atoms with van der Waals surface area (Å²) in [6.45, 7) is 2.37. The fourth-order valence-electron chi connectivity index (χ4n) is 2.86. The molecule has 0 heterocycles. The minimum absolute atomic E-state index is 0.0929. The molecule has 1 atom stereocenters. The second-order valence-electron chi connectivity index (χ2n) is 6.14. The lowest BCUT2D eigenvalue weighted by atomic mass is 10.0. The lowest BCUT2D eigenvalue weighted by Crippen LogP contribution is -2.47. The molecule has 1 amide bonds. The molecular weight excluding hydrogens is 266 g/mol. The van der Waals surface area contributed by atoms with Crippen LogP contribution in [0.3, 0.4) is 0 Å². The van der Waals surface area contributed by atoms with Crippen LogP contribution < -0.4 is 11.1 Å². The number of nitrogens with zero attached hydrogens (tertiary/aromatic N) is 1. The van der Waals surface area contributed by atoms with Gasteiger partial charge in [0, 0.05) is 17.9 Å². The number of nitrogens with two attached hydrogens (primary N) is 1. The van der Waals surface area contributed by atoms with Crippen molar-refractivity contribution in [3.8, 4) is 0 Å². The predicted molar refractivity (Wildman–Crippen MR) is 85.0 cm³/mol. The monoisotopic (exact) mass is 291 g/mol. The van der Waals surface area contributed by atoms with E-state index in [-0.39, 0.29) is 11.9 Å². The number of anilines is 2. The number of hydrogen-bond donors (Lipinski definition) is 3. The Morgan fingerprint density at radius 3 is 2.76 bits per heavy atom. The van der Waals surface area contributed by atoms with E-state index in [1.54, 1.807) is 18.2 Å². The highest BCUT2D eigenvalue weighted by molar-refractivity contribution is 5.94. The van der Waals surface area contributed by atoms with Crippen LogP contribution in [0.5, 0.6) is 0 Å². The Morgan fingerprint density at radius 1 is 1.48 bits per heavy atom. The van der Waals surface area contributed by atoms with Crippen LogP contribution in [0.25, 0.3) is 0 Å². The number of carbonyl (C=O) groups is 1. The normalized spacial score (nSPS) is 18.7. The average Bonchev–Trinajstić information content (AvgIpc) is 2.84. The van der Waals surface area contributed by atoms with Crippen LogP contribution in [0.2, 0.25) is 0 Å². The van der Waals surface area contributed by atoms with Gasteiger partial charge in [-0.2, -0.15) is 0 Å². The van der Waals surface area contributed by atoms with Crippen LogP contribution in [0.4, 0.5) is 11.4 Å². The topological polar surface area (TPSA) is 78.6 Å². The lowest BCUT2D eigenvalue weighted by Gasteiger charge is -2.31. The quantitative estimate of drug-likeness (QED) is 0.723. The largest absolute Gasteiger partial charge is 0.399 e. The van der Waals surface area contributed by atoms with E-state index in [2.05, 4.69) is 5.32 Å². The molecule has 1 aliphatic carbocycles. The van der Waals surface area contributed by atoms with Crippen LogP contribution in [-0.4, -0.2) is 41.1 Å². The van der Waals surface area contributed by atoms with Crippen LogP contribution in [0, 0.1) is 0 Å². The summed E-state index contributed by atoms with van der Waals surface area (Å²) in [6.07, 6.45) is 3.77. The number of carbonyl (C=O) groups excluding carboxylic acids is 1. The van der Waals surface area contributed by atoms with Crippen LogP contribution in [-0.2, 0) is 4.79 Å². The van der Waals surface area contributed by atoms with Crippen molar-refractivity contribution in [1.82, 2.24) is 4.90 Å². The first-order chi connectivity index (χ1) is 9.89. The Hall–Kier alpha value is -1.59. The Morgan fingerprint density at radius 2 is 2.14 bits per heavy atom. The maximum Gasteiger partial charge on any atom is 0.241 e. The molecule has 0 radical (unpaired) electrons. The first kappa shape index (κ1) is 15.8. The molecule has 5 nitrogen and oxygen atoms in total. The second kappa shape index (κ2) is 6.45. The molecule has 0 saturated heterocycles. The van der Waals surface area contributed by atoms with E-state index >= 15 is 0 Å². The predicted octanol–water partition coefficient (Wildman–Crippen LogP) is 1.83. The molecule has 1 unspecified atom stereocenters. The summed E-state index contributed by atoms with van der Waals surface area (Å²) in [4.78, 5) is 14.2. The third kappa shape index (κ3) is 4.19. The van der Waals surface area contributed by atoms with Crippen molar-refractivity contribution in [2.75, 3.05) is 24.6 Å². The molecule has 1 aliphatic rings. The average molecular weight is 291 g/mol. The highest BCUT2D eigenvalue weighted by Crippen LogP contribution is 2.30. The zero-order valence-electron chi connectivity index (χ0n) is 12.8. The molecule has 116 valence electrons. The van der Waals surface area contributed by atoms with Crippen molar-refractivity contribution >= 4 is 17.3 Å². The van der Waals surface area contributed by atoms with Crippen LogP contribution in [0.15, 0.2) is 24.3 Å². The summed E-state index contributed by atoms with van der Waals surface area (Å²) in [5.74, 6) is -0.0929. The molecule has 1 aromatic carbocycles. The Bertz CT molecular complexity index is 498. The number of amides is 1. The number of hydrogen-bond acceptors (Lipinski definition) is 4. The number of rotatable bonds is 5. The van der Waals surface area contributed by atoms with Gasteiger partial charge in [0.2, 0.25) is 5.91 Å². The maximum absolute atomic E-state index is 12.3. The lowest BCUT2D eigenvalue weighted by molar-refractivity contribution is -0.121. The van der Waals surface area contributed by atoms with Crippen molar-refractivity contribution in [3.63, 3.8) is 0 Å². The first-order valence-corrected chi connectivity index (χ1v) is 7.49. The molecule has 1 saturated carbocycles. The minimum atomic E-state index is -0.638. The van der Waals surface area contributed by atoms with E-state index in [0.29, 0.717) is 17.9 Å². The number of nitrogen functional groups attached to an aromatic ring is 1. The van der Waals surface area contributed by atoms with Crippen LogP contribution >= 0.6 is 0 Å². The molecule has 2 rings (SSSR count). The number of aliphatic hydroxyl groups is 1. The zero-order valence-corrected chi connectivity index (χ0v) is 12.8. The zero-order chi connectivity index (χ0) is 15.5. The highest BCUT2D eigenvalue weighted by Gasteiger charge is 2.34. The Kier molecular flexibility index (Phi) is 4.85. The summed E-state index contributed by atoms with van der Waals surface area (Å²) in [5.41, 5.74) is 6.38. The van der Waals surface area contributed by atoms with Gasteiger partial charge in [0.25, 0.3) is 0 Å². The summed E-state index contributed by atoms with van der Waals surface area (Å²) < 4.78 is 0. The molecule has 0 aliphatic heterocycles. The number of benzene rings is 1. The Balaban J connectivity index is 1.92. The van der Waals surface area contributed by atoms with Gasteiger partial charge in [-0.05, 0) is 45.0 Å². The molecule has 1 aromatic rings. The van der Waals surface area contributed by atoms with E-state index in [1.165, 1.54) is 0 Å².